The Morgan fingerprint density at radius 3 is 1.05 bits per heavy atom. The van der Waals surface area contributed by atoms with Gasteiger partial charge in [0, 0.05) is 13.2 Å². The standard InChI is InChI=1S/C8H16O2.2C3H6.C2H6O2/c9-5-7-1-2-8(6-10)4-3-7;2*1-3-2;3-1-2-4/h7-10H,1-6H2;2*3H,1H2,2H3;3-4H,1-2H2. The zero-order valence-electron chi connectivity index (χ0n) is 13.2. The SMILES string of the molecule is C=CC.C=CC.OCC1CCC(CO)CC1.OCCO. The van der Waals surface area contributed by atoms with Gasteiger partial charge in [0.25, 0.3) is 0 Å². The zero-order valence-corrected chi connectivity index (χ0v) is 13.2. The Bertz CT molecular complexity index is 155. The summed E-state index contributed by atoms with van der Waals surface area (Å²) in [6.07, 6.45) is 7.90. The molecule has 4 nitrogen and oxygen atoms in total. The lowest BCUT2D eigenvalue weighted by Crippen LogP contribution is -2.19. The largest absolute Gasteiger partial charge is 0.396 e. The van der Waals surface area contributed by atoms with Crippen LogP contribution in [0.5, 0.6) is 0 Å². The van der Waals surface area contributed by atoms with Crippen LogP contribution in [0.4, 0.5) is 0 Å². The highest BCUT2D eigenvalue weighted by atomic mass is 16.3. The molecular weight excluding hydrogens is 256 g/mol. The molecule has 0 saturated heterocycles. The Labute approximate surface area is 124 Å². The first-order chi connectivity index (χ1) is 9.61. The fraction of sp³-hybridized carbons (Fsp3) is 0.750. The summed E-state index contributed by atoms with van der Waals surface area (Å²) in [6.45, 7) is 10.9. The molecule has 4 heteroatoms. The Morgan fingerprint density at radius 1 is 0.750 bits per heavy atom. The van der Waals surface area contributed by atoms with Crippen molar-refractivity contribution in [2.75, 3.05) is 26.4 Å². The van der Waals surface area contributed by atoms with Crippen LogP contribution in [-0.4, -0.2) is 46.9 Å². The lowest BCUT2D eigenvalue weighted by atomic mass is 9.83. The monoisotopic (exact) mass is 290 g/mol. The van der Waals surface area contributed by atoms with Gasteiger partial charge in [-0.1, -0.05) is 12.2 Å². The lowest BCUT2D eigenvalue weighted by molar-refractivity contribution is 0.131. The quantitative estimate of drug-likeness (QED) is 0.600. The van der Waals surface area contributed by atoms with Gasteiger partial charge >= 0.3 is 0 Å². The van der Waals surface area contributed by atoms with Gasteiger partial charge < -0.3 is 20.4 Å². The van der Waals surface area contributed by atoms with Crippen molar-refractivity contribution < 1.29 is 20.4 Å². The Hall–Kier alpha value is -0.680. The van der Waals surface area contributed by atoms with E-state index in [1.54, 1.807) is 12.2 Å². The molecule has 1 rings (SSSR count). The Balaban J connectivity index is -0.000000242. The maximum atomic E-state index is 8.79. The minimum absolute atomic E-state index is 0.125. The number of hydrogen-bond donors (Lipinski definition) is 4. The molecule has 4 N–H and O–H groups in total. The zero-order chi connectivity index (χ0) is 16.2. The highest BCUT2D eigenvalue weighted by molar-refractivity contribution is 4.70. The number of aliphatic hydroxyl groups excluding tert-OH is 4. The fourth-order valence-corrected chi connectivity index (χ4v) is 1.60. The van der Waals surface area contributed by atoms with Gasteiger partial charge in [0.05, 0.1) is 13.2 Å². The number of rotatable bonds is 3. The highest BCUT2D eigenvalue weighted by Crippen LogP contribution is 2.27. The summed E-state index contributed by atoms with van der Waals surface area (Å²) in [7, 11) is 0. The van der Waals surface area contributed by atoms with Gasteiger partial charge in [-0.15, -0.1) is 13.2 Å². The molecule has 1 aliphatic carbocycles. The van der Waals surface area contributed by atoms with Crippen LogP contribution in [0.1, 0.15) is 39.5 Å². The first-order valence-corrected chi connectivity index (χ1v) is 7.19. The number of hydrogen-bond acceptors (Lipinski definition) is 4. The third-order valence-corrected chi connectivity index (χ3v) is 2.58. The van der Waals surface area contributed by atoms with E-state index in [-0.39, 0.29) is 13.2 Å². The predicted molar refractivity (Wildman–Crippen MR) is 85.5 cm³/mol. The summed E-state index contributed by atoms with van der Waals surface area (Å²) in [5.74, 6) is 1.03. The molecule has 0 heterocycles. The van der Waals surface area contributed by atoms with Gasteiger partial charge in [-0.2, -0.15) is 0 Å². The lowest BCUT2D eigenvalue weighted by Gasteiger charge is -2.25. The molecule has 0 aromatic heterocycles. The van der Waals surface area contributed by atoms with Crippen LogP contribution in [-0.2, 0) is 0 Å². The van der Waals surface area contributed by atoms with Crippen LogP contribution in [0.3, 0.4) is 0 Å². The molecule has 0 spiro atoms. The van der Waals surface area contributed by atoms with Crippen LogP contribution < -0.4 is 0 Å². The first-order valence-electron chi connectivity index (χ1n) is 7.19. The fourth-order valence-electron chi connectivity index (χ4n) is 1.60. The van der Waals surface area contributed by atoms with E-state index in [0.29, 0.717) is 25.0 Å². The Kier molecular flexibility index (Phi) is 28.5. The molecule has 0 unspecified atom stereocenters. The summed E-state index contributed by atoms with van der Waals surface area (Å²) in [5.41, 5.74) is 0. The molecule has 1 saturated carbocycles. The Morgan fingerprint density at radius 2 is 0.950 bits per heavy atom. The summed E-state index contributed by atoms with van der Waals surface area (Å²) < 4.78 is 0. The second kappa shape index (κ2) is 23.4. The van der Waals surface area contributed by atoms with Gasteiger partial charge in [-0.3, -0.25) is 0 Å². The third kappa shape index (κ3) is 22.5. The van der Waals surface area contributed by atoms with Crippen molar-refractivity contribution in [2.45, 2.75) is 39.5 Å². The van der Waals surface area contributed by atoms with Gasteiger partial charge in [0.1, 0.15) is 0 Å². The average Bonchev–Trinajstić information content (AvgIpc) is 2.49. The molecule has 0 aromatic carbocycles. The topological polar surface area (TPSA) is 80.9 Å². The van der Waals surface area contributed by atoms with Crippen LogP contribution in [0.2, 0.25) is 0 Å². The van der Waals surface area contributed by atoms with Crippen molar-refractivity contribution in [3.63, 3.8) is 0 Å². The minimum atomic E-state index is -0.125. The molecule has 20 heavy (non-hydrogen) atoms. The van der Waals surface area contributed by atoms with E-state index >= 15 is 0 Å². The van der Waals surface area contributed by atoms with Crippen LogP contribution >= 0.6 is 0 Å². The van der Waals surface area contributed by atoms with Crippen molar-refractivity contribution >= 4 is 0 Å². The first kappa shape index (κ1) is 24.3. The second-order valence-electron chi connectivity index (χ2n) is 4.52. The normalized spacial score (nSPS) is 19.9. The minimum Gasteiger partial charge on any atom is -0.396 e. The third-order valence-electron chi connectivity index (χ3n) is 2.58. The highest BCUT2D eigenvalue weighted by Gasteiger charge is 2.19. The maximum absolute atomic E-state index is 8.79. The molecule has 0 aromatic rings. The van der Waals surface area contributed by atoms with Gasteiger partial charge in [0.2, 0.25) is 0 Å². The van der Waals surface area contributed by atoms with E-state index in [1.807, 2.05) is 13.8 Å². The van der Waals surface area contributed by atoms with Crippen LogP contribution in [0.25, 0.3) is 0 Å². The molecule has 0 aliphatic heterocycles. The number of allylic oxidation sites excluding steroid dienone is 2. The van der Waals surface area contributed by atoms with E-state index in [9.17, 15) is 0 Å². The summed E-state index contributed by atoms with van der Waals surface area (Å²) >= 11 is 0. The molecule has 0 atom stereocenters. The summed E-state index contributed by atoms with van der Waals surface area (Å²) in [4.78, 5) is 0. The van der Waals surface area contributed by atoms with Gasteiger partial charge in [-0.25, -0.2) is 0 Å². The van der Waals surface area contributed by atoms with Gasteiger partial charge in [-0.05, 0) is 51.4 Å². The average molecular weight is 290 g/mol. The predicted octanol–water partition coefficient (Wildman–Crippen LogP) is 2.13. The molecular formula is C16H34O4. The molecule has 0 bridgehead atoms. The molecule has 0 amide bonds. The smallest absolute Gasteiger partial charge is 0.0662 e. The van der Waals surface area contributed by atoms with Crippen molar-refractivity contribution in [1.29, 1.82) is 0 Å². The van der Waals surface area contributed by atoms with Crippen molar-refractivity contribution in [3.05, 3.63) is 25.3 Å². The van der Waals surface area contributed by atoms with E-state index in [0.717, 1.165) is 25.7 Å². The van der Waals surface area contributed by atoms with E-state index in [2.05, 4.69) is 13.2 Å². The summed E-state index contributed by atoms with van der Waals surface area (Å²) in [5, 5.41) is 32.8. The molecule has 122 valence electrons. The molecule has 0 radical (unpaired) electrons. The van der Waals surface area contributed by atoms with Crippen molar-refractivity contribution in [2.24, 2.45) is 11.8 Å². The maximum Gasteiger partial charge on any atom is 0.0662 e. The van der Waals surface area contributed by atoms with Gasteiger partial charge in [0.15, 0.2) is 0 Å². The van der Waals surface area contributed by atoms with Crippen LogP contribution in [0, 0.1) is 11.8 Å². The van der Waals surface area contributed by atoms with Crippen molar-refractivity contribution in [1.82, 2.24) is 0 Å². The van der Waals surface area contributed by atoms with E-state index < -0.39 is 0 Å². The second-order valence-corrected chi connectivity index (χ2v) is 4.52. The number of aliphatic hydroxyl groups is 4. The van der Waals surface area contributed by atoms with E-state index in [1.165, 1.54) is 0 Å². The molecule has 1 fully saturated rings. The summed E-state index contributed by atoms with van der Waals surface area (Å²) in [6, 6.07) is 0. The molecule has 1 aliphatic rings. The van der Waals surface area contributed by atoms with Crippen LogP contribution in [0.15, 0.2) is 25.3 Å². The van der Waals surface area contributed by atoms with Crippen molar-refractivity contribution in [3.8, 4) is 0 Å². The van der Waals surface area contributed by atoms with E-state index in [4.69, 9.17) is 20.4 Å².